The van der Waals surface area contributed by atoms with Crippen molar-refractivity contribution in [2.75, 3.05) is 0 Å². The highest BCUT2D eigenvalue weighted by atomic mass is 16.4. The molecule has 0 amide bonds. The molecular formula is C102H88N8O4+4. The van der Waals surface area contributed by atoms with Gasteiger partial charge < -0.3 is 17.7 Å². The third kappa shape index (κ3) is 13.5. The third-order valence-electron chi connectivity index (χ3n) is 21.8. The van der Waals surface area contributed by atoms with E-state index in [9.17, 15) is 0 Å². The van der Waals surface area contributed by atoms with Crippen LogP contribution in [0.1, 0.15) is 64.1 Å². The summed E-state index contributed by atoms with van der Waals surface area (Å²) in [6, 6.07) is 82.2. The smallest absolute Gasteiger partial charge is 0.227 e. The van der Waals surface area contributed by atoms with Crippen LogP contribution in [0.15, 0.2) is 298 Å². The van der Waals surface area contributed by atoms with E-state index >= 15 is 0 Å². The lowest BCUT2D eigenvalue weighted by molar-refractivity contribution is -0.660. The molecule has 0 bridgehead atoms. The second-order valence-corrected chi connectivity index (χ2v) is 29.7. The summed E-state index contributed by atoms with van der Waals surface area (Å²) in [5.74, 6) is 0. The van der Waals surface area contributed by atoms with Crippen LogP contribution >= 0.6 is 0 Å². The number of benzene rings is 8. The zero-order valence-electron chi connectivity index (χ0n) is 71.8. The Hall–Kier alpha value is -13.8. The van der Waals surface area contributed by atoms with Gasteiger partial charge in [-0.3, -0.25) is 0 Å². The minimum atomic E-state index is -2.27. The Kier molecular flexibility index (Phi) is 17.4. The van der Waals surface area contributed by atoms with Gasteiger partial charge >= 0.3 is 0 Å². The third-order valence-corrected chi connectivity index (χ3v) is 21.8. The summed E-state index contributed by atoms with van der Waals surface area (Å²) in [6.07, 6.45) is 12.0. The fraction of sp³-hybridized carbons (Fsp3) is 0.137. The molecule has 12 heterocycles. The fourth-order valence-electron chi connectivity index (χ4n) is 16.1. The first-order valence-corrected chi connectivity index (χ1v) is 38.2. The molecular weight excluding hydrogens is 1400 g/mol. The van der Waals surface area contributed by atoms with Gasteiger partial charge in [0.05, 0.1) is 22.3 Å². The molecule has 0 aliphatic heterocycles. The number of fused-ring (bicyclic) bond motifs is 12. The van der Waals surface area contributed by atoms with Gasteiger partial charge in [0.15, 0.2) is 47.1 Å². The Labute approximate surface area is 671 Å². The van der Waals surface area contributed by atoms with Crippen molar-refractivity contribution in [2.45, 2.75) is 69.1 Å². The van der Waals surface area contributed by atoms with Crippen LogP contribution in [0, 0.1) is 69.1 Å². The predicted molar refractivity (Wildman–Crippen MR) is 462 cm³/mol. The molecule has 0 saturated heterocycles. The Morgan fingerprint density at radius 3 is 1.21 bits per heavy atom. The standard InChI is InChI=1S/C27H25N2O.C26H23N2O.C25H21N2O.C24H19N2O/c1-16-14-23(29(5)15-22(16)20-9-7-6-8-10-20)25-18(3)13-17(2)24-21-12-11-19(4)28-27(21)30-26(24)25;1-16-14-17(2)24(25-23(16)21-12-10-18(3)27-26(21)29-25)22-13-11-20(15-28(22)4)19-8-6-5-7-9-19;1-16-11-12-19-20-10-7-13-26-25(20)28-24(19)23(16)22-14-21(17(2)15-27(22)3)18-8-5-4-6-9-18;1-16-10-11-19-20-9-6-13-25-24(20)27-23(19)22(16)21-15-18(12-14-26(21)2)17-7-4-3-5-8-17/h6-15H,1-5H3;5-15H,1-4H3;4-15H,1-3H3;3-15H,1-2H3/q4*+1/i2D3;1D3;;. The largest absolute Gasteiger partial charge is 0.437 e. The lowest BCUT2D eigenvalue weighted by Gasteiger charge is -2.11. The predicted octanol–water partition coefficient (Wildman–Crippen LogP) is 23.6. The molecule has 20 aromatic rings. The van der Waals surface area contributed by atoms with E-state index in [-0.39, 0.29) is 0 Å². The number of nitrogens with zero attached hydrogens (tertiary/aromatic N) is 8. The zero-order valence-corrected chi connectivity index (χ0v) is 65.8. The SMILES string of the molecule is Cc1c[n+](C)c(-c2c(C)ccc3c2oc2ncccc23)cc1-c1ccccc1.Cc1ccc2c(oc3ncccc32)c1-c1cc(-c2ccccc2)cc[n+]1C.[2H]C([2H])([2H])c1cc(C)c(-c2cc(C)c(-c3ccccc3)c[n+]2C)c2oc3nc(C)ccc3c12.[2H]C([2H])([2H])c1cc(C)c(-c2ccc(-c3ccccc3)c[n+]2C)c2oc3nc(C)ccc3c12. The Bertz CT molecular complexity index is 7400. The molecule has 0 fully saturated rings. The lowest BCUT2D eigenvalue weighted by atomic mass is 9.95. The van der Waals surface area contributed by atoms with Crippen molar-refractivity contribution < 1.29 is 44.2 Å². The minimum Gasteiger partial charge on any atom is -0.437 e. The average molecular weight is 1500 g/mol. The molecule has 0 aliphatic carbocycles. The highest BCUT2D eigenvalue weighted by Crippen LogP contribution is 2.44. The molecule has 20 rings (SSSR count). The molecule has 0 radical (unpaired) electrons. The summed E-state index contributed by atoms with van der Waals surface area (Å²) in [6.45, 7) is 11.7. The molecule has 0 unspecified atom stereocenters. The summed E-state index contributed by atoms with van der Waals surface area (Å²) < 4.78 is 82.2. The van der Waals surface area contributed by atoms with Gasteiger partial charge in [0, 0.05) is 122 Å². The number of aromatic nitrogens is 8. The van der Waals surface area contributed by atoms with Crippen molar-refractivity contribution in [1.29, 1.82) is 0 Å². The Morgan fingerprint density at radius 1 is 0.272 bits per heavy atom. The maximum atomic E-state index is 8.15. The van der Waals surface area contributed by atoms with Crippen molar-refractivity contribution in [3.8, 4) is 89.5 Å². The van der Waals surface area contributed by atoms with E-state index in [0.717, 1.165) is 139 Å². The summed E-state index contributed by atoms with van der Waals surface area (Å²) in [4.78, 5) is 17.9. The topological polar surface area (TPSA) is 120 Å². The molecule has 12 heteroatoms. The van der Waals surface area contributed by atoms with E-state index in [2.05, 4.69) is 256 Å². The van der Waals surface area contributed by atoms with Crippen LogP contribution in [0.3, 0.4) is 0 Å². The first-order valence-electron chi connectivity index (χ1n) is 41.2. The zero-order chi connectivity index (χ0) is 83.7. The van der Waals surface area contributed by atoms with Gasteiger partial charge in [-0.15, -0.1) is 0 Å². The van der Waals surface area contributed by atoms with Crippen LogP contribution < -0.4 is 18.3 Å². The van der Waals surface area contributed by atoms with Crippen LogP contribution in [0.2, 0.25) is 0 Å². The maximum Gasteiger partial charge on any atom is 0.227 e. The molecule has 8 aromatic carbocycles. The number of rotatable bonds is 8. The number of hydrogen-bond donors (Lipinski definition) is 0. The normalized spacial score (nSPS) is 12.4. The first-order chi connectivity index (χ1) is 57.7. The molecule has 0 atom stereocenters. The lowest BCUT2D eigenvalue weighted by Crippen LogP contribution is -2.31. The maximum absolute atomic E-state index is 8.15. The first kappa shape index (κ1) is 66.0. The van der Waals surface area contributed by atoms with E-state index in [4.69, 9.17) is 25.9 Å². The van der Waals surface area contributed by atoms with E-state index in [1.807, 2.05) is 121 Å². The molecule has 0 aliphatic rings. The van der Waals surface area contributed by atoms with Crippen molar-refractivity contribution in [3.05, 3.63) is 336 Å². The van der Waals surface area contributed by atoms with Crippen LogP contribution in [0.25, 0.3) is 178 Å². The summed E-state index contributed by atoms with van der Waals surface area (Å²) in [5, 5.41) is 6.98. The highest BCUT2D eigenvalue weighted by Gasteiger charge is 2.29. The summed E-state index contributed by atoms with van der Waals surface area (Å²) in [5.41, 5.74) is 31.4. The van der Waals surface area contributed by atoms with Gasteiger partial charge in [-0.2, -0.15) is 0 Å². The summed E-state index contributed by atoms with van der Waals surface area (Å²) in [7, 11) is 8.17. The molecule has 0 spiro atoms. The second kappa shape index (κ2) is 30.1. The van der Waals surface area contributed by atoms with Crippen molar-refractivity contribution in [2.24, 2.45) is 28.2 Å². The van der Waals surface area contributed by atoms with Gasteiger partial charge in [-0.1, -0.05) is 158 Å². The van der Waals surface area contributed by atoms with E-state index < -0.39 is 13.7 Å². The molecule has 12 aromatic heterocycles. The van der Waals surface area contributed by atoms with Crippen LogP contribution in [0.4, 0.5) is 0 Å². The minimum absolute atomic E-state index is 0.293. The monoisotopic (exact) mass is 1490 g/mol. The van der Waals surface area contributed by atoms with Crippen LogP contribution in [-0.2, 0) is 28.2 Å². The number of pyridine rings is 8. The molecule has 12 nitrogen and oxygen atoms in total. The van der Waals surface area contributed by atoms with Crippen LogP contribution in [0.5, 0.6) is 0 Å². The number of hydrogen-bond acceptors (Lipinski definition) is 8. The summed E-state index contributed by atoms with van der Waals surface area (Å²) >= 11 is 0. The van der Waals surface area contributed by atoms with E-state index in [0.29, 0.717) is 55.9 Å². The van der Waals surface area contributed by atoms with E-state index in [1.165, 1.54) is 38.9 Å². The fourth-order valence-corrected chi connectivity index (χ4v) is 16.1. The molecule has 114 heavy (non-hydrogen) atoms. The molecule has 0 N–H and O–H groups in total. The Morgan fingerprint density at radius 2 is 0.702 bits per heavy atom. The highest BCUT2D eigenvalue weighted by molar-refractivity contribution is 6.13. The van der Waals surface area contributed by atoms with Gasteiger partial charge in [-0.05, 0) is 196 Å². The number of aryl methyl sites for hydroxylation is 14. The average Bonchev–Trinajstić information content (AvgIpc) is 1.57. The van der Waals surface area contributed by atoms with Gasteiger partial charge in [0.1, 0.15) is 28.2 Å². The Balaban J connectivity index is 0.000000115. The van der Waals surface area contributed by atoms with Crippen molar-refractivity contribution >= 4 is 88.3 Å². The molecule has 0 saturated carbocycles. The van der Waals surface area contributed by atoms with Crippen molar-refractivity contribution in [1.82, 2.24) is 19.9 Å². The van der Waals surface area contributed by atoms with E-state index in [1.54, 1.807) is 24.5 Å². The molecule has 556 valence electrons. The quantitative estimate of drug-likeness (QED) is 0.138. The van der Waals surface area contributed by atoms with Gasteiger partial charge in [0.25, 0.3) is 0 Å². The van der Waals surface area contributed by atoms with Gasteiger partial charge in [-0.25, -0.2) is 38.2 Å². The van der Waals surface area contributed by atoms with Crippen LogP contribution in [-0.4, -0.2) is 19.9 Å². The second-order valence-electron chi connectivity index (χ2n) is 29.7. The number of furan rings is 4. The van der Waals surface area contributed by atoms with Crippen molar-refractivity contribution in [3.63, 3.8) is 0 Å². The van der Waals surface area contributed by atoms with Gasteiger partial charge in [0.2, 0.25) is 45.6 Å².